The minimum atomic E-state index is -0.429. The zero-order chi connectivity index (χ0) is 28.3. The van der Waals surface area contributed by atoms with Crippen molar-refractivity contribution in [3.8, 4) is 5.75 Å². The van der Waals surface area contributed by atoms with Crippen LogP contribution in [0.1, 0.15) is 38.0 Å². The Labute approximate surface area is 238 Å². The second-order valence-corrected chi connectivity index (χ2v) is 10.3. The number of halogens is 1. The second-order valence-electron chi connectivity index (χ2n) is 10.3. The molecule has 0 aliphatic carbocycles. The van der Waals surface area contributed by atoms with Gasteiger partial charge in [0.05, 0.1) is 7.11 Å². The number of nitrogens with one attached hydrogen (secondary N) is 1. The van der Waals surface area contributed by atoms with Crippen molar-refractivity contribution in [2.24, 2.45) is 0 Å². The van der Waals surface area contributed by atoms with Gasteiger partial charge in [0.25, 0.3) is 11.8 Å². The van der Waals surface area contributed by atoms with Crippen LogP contribution < -0.4 is 15.0 Å². The Morgan fingerprint density at radius 3 is 2.37 bits per heavy atom. The van der Waals surface area contributed by atoms with Gasteiger partial charge in [0.1, 0.15) is 17.7 Å². The molecule has 1 unspecified atom stereocenters. The number of hydrogen-bond acceptors (Lipinski definition) is 5. The smallest absolute Gasteiger partial charge is 0.256 e. The molecule has 41 heavy (non-hydrogen) atoms. The Bertz CT molecular complexity index is 1550. The average molecular weight is 551 g/mol. The zero-order valence-electron chi connectivity index (χ0n) is 22.8. The normalized spacial score (nSPS) is 16.5. The van der Waals surface area contributed by atoms with E-state index in [4.69, 9.17) is 4.74 Å². The fourth-order valence-corrected chi connectivity index (χ4v) is 5.52. The Kier molecular flexibility index (Phi) is 7.29. The summed E-state index contributed by atoms with van der Waals surface area (Å²) in [5.41, 5.74) is 4.78. The molecule has 4 aromatic carbocycles. The Hall–Kier alpha value is -4.85. The van der Waals surface area contributed by atoms with Gasteiger partial charge in [0, 0.05) is 60.8 Å². The first-order valence-electron chi connectivity index (χ1n) is 13.7. The van der Waals surface area contributed by atoms with Crippen LogP contribution in [-0.4, -0.2) is 54.9 Å². The molecule has 0 spiro atoms. The summed E-state index contributed by atoms with van der Waals surface area (Å²) in [5.74, 6) is 0.390. The highest BCUT2D eigenvalue weighted by atomic mass is 19.1. The van der Waals surface area contributed by atoms with E-state index in [1.165, 1.54) is 12.1 Å². The standard InChI is InChI=1S/C33H31FN4O3/c1-41-28-15-13-27(14-16-28)36-17-19-37(20-18-36)32(39)24-5-4-6-26(21-24)35-31-29-7-2-3-8-30(29)33(40)38(31)22-23-9-11-25(34)12-10-23/h2-16,21,31,35H,17-20,22H2,1H3. The molecule has 1 fully saturated rings. The van der Waals surface area contributed by atoms with Crippen molar-refractivity contribution in [3.63, 3.8) is 0 Å². The third-order valence-corrected chi connectivity index (χ3v) is 7.74. The van der Waals surface area contributed by atoms with E-state index in [0.29, 0.717) is 30.8 Å². The van der Waals surface area contributed by atoms with Gasteiger partial charge in [-0.15, -0.1) is 0 Å². The maximum absolute atomic E-state index is 13.5. The van der Waals surface area contributed by atoms with Crippen LogP contribution in [0.25, 0.3) is 0 Å². The molecule has 2 heterocycles. The Morgan fingerprint density at radius 2 is 1.63 bits per heavy atom. The van der Waals surface area contributed by atoms with E-state index < -0.39 is 6.17 Å². The van der Waals surface area contributed by atoms with Crippen LogP contribution in [0.4, 0.5) is 15.8 Å². The van der Waals surface area contributed by atoms with Gasteiger partial charge in [-0.2, -0.15) is 0 Å². The Balaban J connectivity index is 1.16. The molecule has 8 heteroatoms. The highest BCUT2D eigenvalue weighted by Crippen LogP contribution is 2.36. The SMILES string of the molecule is COc1ccc(N2CCN(C(=O)c3cccc(NC4c5ccccc5C(=O)N4Cc4ccc(F)cc4)c3)CC2)cc1. The first-order chi connectivity index (χ1) is 20.0. The molecule has 2 aliphatic heterocycles. The molecule has 2 aliphatic rings. The lowest BCUT2D eigenvalue weighted by atomic mass is 10.1. The number of carbonyl (C=O) groups is 2. The van der Waals surface area contributed by atoms with E-state index in [0.717, 1.165) is 41.3 Å². The van der Waals surface area contributed by atoms with Crippen molar-refractivity contribution < 1.29 is 18.7 Å². The molecular formula is C33H31FN4O3. The molecule has 0 bridgehead atoms. The van der Waals surface area contributed by atoms with Crippen LogP contribution in [0.15, 0.2) is 97.1 Å². The summed E-state index contributed by atoms with van der Waals surface area (Å²) in [5, 5.41) is 3.49. The van der Waals surface area contributed by atoms with Crippen molar-refractivity contribution in [2.75, 3.05) is 43.5 Å². The first-order valence-corrected chi connectivity index (χ1v) is 13.7. The molecule has 1 atom stereocenters. The Morgan fingerprint density at radius 1 is 0.902 bits per heavy atom. The first kappa shape index (κ1) is 26.4. The minimum Gasteiger partial charge on any atom is -0.497 e. The monoisotopic (exact) mass is 550 g/mol. The van der Waals surface area contributed by atoms with E-state index in [-0.39, 0.29) is 17.6 Å². The van der Waals surface area contributed by atoms with Gasteiger partial charge >= 0.3 is 0 Å². The van der Waals surface area contributed by atoms with Crippen LogP contribution in [0.2, 0.25) is 0 Å². The number of carbonyl (C=O) groups excluding carboxylic acids is 2. The molecule has 6 rings (SSSR count). The fraction of sp³-hybridized carbons (Fsp3) is 0.212. The molecule has 1 saturated heterocycles. The molecule has 208 valence electrons. The van der Waals surface area contributed by atoms with Crippen LogP contribution in [-0.2, 0) is 6.54 Å². The quantitative estimate of drug-likeness (QED) is 0.326. The summed E-state index contributed by atoms with van der Waals surface area (Å²) in [4.78, 5) is 32.7. The van der Waals surface area contributed by atoms with Crippen LogP contribution in [0.5, 0.6) is 5.75 Å². The molecule has 0 saturated carbocycles. The van der Waals surface area contributed by atoms with Crippen molar-refractivity contribution >= 4 is 23.2 Å². The number of ether oxygens (including phenoxy) is 1. The van der Waals surface area contributed by atoms with Gasteiger partial charge in [-0.3, -0.25) is 9.59 Å². The summed E-state index contributed by atoms with van der Waals surface area (Å²) in [6.45, 7) is 3.06. The van der Waals surface area contributed by atoms with E-state index in [1.54, 1.807) is 24.1 Å². The number of amides is 2. The van der Waals surface area contributed by atoms with E-state index in [2.05, 4.69) is 10.2 Å². The predicted molar refractivity (Wildman–Crippen MR) is 157 cm³/mol. The lowest BCUT2D eigenvalue weighted by Gasteiger charge is -2.36. The van der Waals surface area contributed by atoms with Crippen molar-refractivity contribution in [2.45, 2.75) is 12.7 Å². The number of fused-ring (bicyclic) bond motifs is 1. The molecular weight excluding hydrogens is 519 g/mol. The summed E-state index contributed by atoms with van der Waals surface area (Å²) >= 11 is 0. The van der Waals surface area contributed by atoms with E-state index in [1.807, 2.05) is 77.7 Å². The predicted octanol–water partition coefficient (Wildman–Crippen LogP) is 5.56. The number of methoxy groups -OCH3 is 1. The van der Waals surface area contributed by atoms with Crippen LogP contribution >= 0.6 is 0 Å². The third kappa shape index (κ3) is 5.45. The largest absolute Gasteiger partial charge is 0.497 e. The van der Waals surface area contributed by atoms with Gasteiger partial charge < -0.3 is 24.8 Å². The highest BCUT2D eigenvalue weighted by molar-refractivity contribution is 5.99. The highest BCUT2D eigenvalue weighted by Gasteiger charge is 2.36. The maximum atomic E-state index is 13.5. The topological polar surface area (TPSA) is 65.1 Å². The number of benzene rings is 4. The second kappa shape index (κ2) is 11.3. The van der Waals surface area contributed by atoms with Gasteiger partial charge in [0.15, 0.2) is 0 Å². The molecule has 1 N–H and O–H groups in total. The molecule has 7 nitrogen and oxygen atoms in total. The van der Waals surface area contributed by atoms with Gasteiger partial charge in [-0.05, 0) is 66.2 Å². The molecule has 4 aromatic rings. The summed E-state index contributed by atoms with van der Waals surface area (Å²) in [7, 11) is 1.65. The van der Waals surface area contributed by atoms with Gasteiger partial charge in [0.2, 0.25) is 0 Å². The van der Waals surface area contributed by atoms with E-state index >= 15 is 0 Å². The number of hydrogen-bond donors (Lipinski definition) is 1. The van der Waals surface area contributed by atoms with Crippen LogP contribution in [0, 0.1) is 5.82 Å². The maximum Gasteiger partial charge on any atom is 0.256 e. The number of nitrogens with zero attached hydrogens (tertiary/aromatic N) is 3. The zero-order valence-corrected chi connectivity index (χ0v) is 22.8. The lowest BCUT2D eigenvalue weighted by molar-refractivity contribution is 0.0725. The molecule has 0 radical (unpaired) electrons. The summed E-state index contributed by atoms with van der Waals surface area (Å²) < 4.78 is 18.7. The number of rotatable bonds is 7. The lowest BCUT2D eigenvalue weighted by Crippen LogP contribution is -2.48. The average Bonchev–Trinajstić information content (AvgIpc) is 3.28. The van der Waals surface area contributed by atoms with Crippen molar-refractivity contribution in [1.29, 1.82) is 0 Å². The van der Waals surface area contributed by atoms with Crippen molar-refractivity contribution in [1.82, 2.24) is 9.80 Å². The number of anilines is 2. The minimum absolute atomic E-state index is 0.0194. The third-order valence-electron chi connectivity index (χ3n) is 7.74. The van der Waals surface area contributed by atoms with E-state index in [9.17, 15) is 14.0 Å². The summed E-state index contributed by atoms with van der Waals surface area (Å²) in [6.07, 6.45) is -0.429. The van der Waals surface area contributed by atoms with Gasteiger partial charge in [-0.25, -0.2) is 4.39 Å². The molecule has 0 aromatic heterocycles. The fourth-order valence-electron chi connectivity index (χ4n) is 5.52. The number of piperazine rings is 1. The summed E-state index contributed by atoms with van der Waals surface area (Å²) in [6, 6.07) is 29.1. The van der Waals surface area contributed by atoms with Crippen LogP contribution in [0.3, 0.4) is 0 Å². The molecule has 2 amide bonds. The van der Waals surface area contributed by atoms with Gasteiger partial charge in [-0.1, -0.05) is 36.4 Å². The van der Waals surface area contributed by atoms with Crippen molar-refractivity contribution in [3.05, 3.63) is 125 Å².